The number of nitrogens with zero attached hydrogens (tertiary/aromatic N) is 2. The van der Waals surface area contributed by atoms with Gasteiger partial charge in [0, 0.05) is 18.2 Å². The van der Waals surface area contributed by atoms with Gasteiger partial charge in [0.25, 0.3) is 10.0 Å². The van der Waals surface area contributed by atoms with Crippen molar-refractivity contribution in [2.24, 2.45) is 5.92 Å². The molecule has 0 amide bonds. The molecule has 1 fully saturated rings. The third-order valence-corrected chi connectivity index (χ3v) is 6.75. The number of hydrogen-bond acceptors (Lipinski definition) is 4. The molecular formula is C20H18N2O3S. The highest BCUT2D eigenvalue weighted by molar-refractivity contribution is 7.90. The van der Waals surface area contributed by atoms with Crippen LogP contribution >= 0.6 is 0 Å². The zero-order chi connectivity index (χ0) is 18.5. The standard InChI is InChI=1S/C20H18N2O3S/c1-13-2-5-16(6-3-13)26(24,25)22-11-19(17-9-15(17)12-23)18-8-14(10-21)4-7-20(18)22/h2-8,11,15,17,23H,9,12H2,1H3/t15-,17+/m1/s1. The quantitative estimate of drug-likeness (QED) is 0.769. The van der Waals surface area contributed by atoms with Crippen LogP contribution < -0.4 is 0 Å². The molecule has 0 spiro atoms. The van der Waals surface area contributed by atoms with Gasteiger partial charge >= 0.3 is 0 Å². The van der Waals surface area contributed by atoms with Gasteiger partial charge in [-0.1, -0.05) is 17.7 Å². The van der Waals surface area contributed by atoms with E-state index in [1.807, 2.05) is 6.92 Å². The fourth-order valence-corrected chi connectivity index (χ4v) is 4.82. The summed E-state index contributed by atoms with van der Waals surface area (Å²) in [6.45, 7) is 1.99. The first-order valence-electron chi connectivity index (χ1n) is 8.44. The highest BCUT2D eigenvalue weighted by Gasteiger charge is 2.40. The van der Waals surface area contributed by atoms with Gasteiger partial charge in [-0.05, 0) is 61.1 Å². The molecule has 1 aliphatic carbocycles. The average molecular weight is 366 g/mol. The second kappa shape index (κ2) is 5.97. The molecule has 0 radical (unpaired) electrons. The predicted molar refractivity (Wildman–Crippen MR) is 98.3 cm³/mol. The minimum absolute atomic E-state index is 0.0833. The molecule has 26 heavy (non-hydrogen) atoms. The van der Waals surface area contributed by atoms with Gasteiger partial charge in [0.15, 0.2) is 0 Å². The SMILES string of the molecule is Cc1ccc(S(=O)(=O)n2cc([C@H]3C[C@@H]3CO)c3cc(C#N)ccc32)cc1. The van der Waals surface area contributed by atoms with E-state index in [9.17, 15) is 18.8 Å². The normalized spacial score (nSPS) is 19.4. The average Bonchev–Trinajstić information content (AvgIpc) is 3.33. The highest BCUT2D eigenvalue weighted by atomic mass is 32.2. The second-order valence-electron chi connectivity index (χ2n) is 6.83. The van der Waals surface area contributed by atoms with E-state index in [0.29, 0.717) is 11.1 Å². The van der Waals surface area contributed by atoms with Gasteiger partial charge in [-0.25, -0.2) is 12.4 Å². The minimum atomic E-state index is -3.74. The van der Waals surface area contributed by atoms with Crippen LogP contribution in [0.3, 0.4) is 0 Å². The number of rotatable bonds is 4. The van der Waals surface area contributed by atoms with E-state index in [2.05, 4.69) is 6.07 Å². The summed E-state index contributed by atoms with van der Waals surface area (Å²) in [5.74, 6) is 0.285. The molecule has 4 rings (SSSR count). The number of nitriles is 1. The van der Waals surface area contributed by atoms with E-state index in [1.165, 1.54) is 3.97 Å². The lowest BCUT2D eigenvalue weighted by Crippen LogP contribution is -2.11. The molecule has 2 atom stereocenters. The Labute approximate surface area is 152 Å². The Kier molecular flexibility index (Phi) is 3.87. The molecule has 1 N–H and O–H groups in total. The molecule has 132 valence electrons. The van der Waals surface area contributed by atoms with E-state index in [1.54, 1.807) is 48.7 Å². The zero-order valence-corrected chi connectivity index (χ0v) is 15.1. The van der Waals surface area contributed by atoms with Crippen molar-refractivity contribution in [3.63, 3.8) is 0 Å². The Morgan fingerprint density at radius 2 is 1.96 bits per heavy atom. The highest BCUT2D eigenvalue weighted by Crippen LogP contribution is 2.50. The van der Waals surface area contributed by atoms with Crippen LogP contribution in [0.2, 0.25) is 0 Å². The third kappa shape index (κ3) is 2.61. The summed E-state index contributed by atoms with van der Waals surface area (Å²) in [7, 11) is -3.74. The van der Waals surface area contributed by atoms with Crippen molar-refractivity contribution in [3.05, 3.63) is 65.4 Å². The van der Waals surface area contributed by atoms with Crippen molar-refractivity contribution < 1.29 is 13.5 Å². The van der Waals surface area contributed by atoms with Crippen LogP contribution in [0.1, 0.15) is 29.0 Å². The van der Waals surface area contributed by atoms with Crippen LogP contribution in [-0.2, 0) is 10.0 Å². The van der Waals surface area contributed by atoms with Crippen molar-refractivity contribution in [1.29, 1.82) is 5.26 Å². The molecule has 0 bridgehead atoms. The Morgan fingerprint density at radius 1 is 1.23 bits per heavy atom. The molecule has 1 heterocycles. The van der Waals surface area contributed by atoms with E-state index in [4.69, 9.17) is 0 Å². The van der Waals surface area contributed by atoms with E-state index in [0.717, 1.165) is 22.9 Å². The Hall–Kier alpha value is -2.62. The molecule has 3 aromatic rings. The maximum atomic E-state index is 13.2. The minimum Gasteiger partial charge on any atom is -0.396 e. The summed E-state index contributed by atoms with van der Waals surface area (Å²) >= 11 is 0. The fraction of sp³-hybridized carbons (Fsp3) is 0.250. The van der Waals surface area contributed by atoms with Gasteiger partial charge in [-0.2, -0.15) is 5.26 Å². The monoisotopic (exact) mass is 366 g/mol. The summed E-state index contributed by atoms with van der Waals surface area (Å²) in [5.41, 5.74) is 2.92. The summed E-state index contributed by atoms with van der Waals surface area (Å²) in [5, 5.41) is 19.4. The van der Waals surface area contributed by atoms with Gasteiger partial charge in [-0.15, -0.1) is 0 Å². The number of aliphatic hydroxyl groups is 1. The van der Waals surface area contributed by atoms with Crippen molar-refractivity contribution in [2.45, 2.75) is 24.2 Å². The first-order chi connectivity index (χ1) is 12.5. The molecule has 5 nitrogen and oxygen atoms in total. The first-order valence-corrected chi connectivity index (χ1v) is 9.88. The van der Waals surface area contributed by atoms with Crippen LogP contribution in [0.25, 0.3) is 10.9 Å². The van der Waals surface area contributed by atoms with Crippen LogP contribution in [0, 0.1) is 24.2 Å². The molecule has 0 unspecified atom stereocenters. The van der Waals surface area contributed by atoms with Gasteiger partial charge < -0.3 is 5.11 Å². The number of benzene rings is 2. The molecule has 1 saturated carbocycles. The molecule has 1 aliphatic rings. The maximum Gasteiger partial charge on any atom is 0.268 e. The molecule has 2 aromatic carbocycles. The summed E-state index contributed by atoms with van der Waals surface area (Å²) in [6, 6.07) is 13.9. The lowest BCUT2D eigenvalue weighted by molar-refractivity contribution is 0.274. The lowest BCUT2D eigenvalue weighted by Gasteiger charge is -2.08. The predicted octanol–water partition coefficient (Wildman–Crippen LogP) is 3.15. The number of aromatic nitrogens is 1. The largest absolute Gasteiger partial charge is 0.396 e. The number of aliphatic hydroxyl groups excluding tert-OH is 1. The smallest absolute Gasteiger partial charge is 0.268 e. The van der Waals surface area contributed by atoms with E-state index < -0.39 is 10.0 Å². The van der Waals surface area contributed by atoms with E-state index in [-0.39, 0.29) is 23.3 Å². The van der Waals surface area contributed by atoms with E-state index >= 15 is 0 Å². The Bertz CT molecular complexity index is 1140. The molecule has 0 aliphatic heterocycles. The van der Waals surface area contributed by atoms with Crippen molar-refractivity contribution >= 4 is 20.9 Å². The van der Waals surface area contributed by atoms with Crippen LogP contribution in [-0.4, -0.2) is 24.1 Å². The van der Waals surface area contributed by atoms with Crippen LogP contribution in [0.4, 0.5) is 0 Å². The number of hydrogen-bond donors (Lipinski definition) is 1. The summed E-state index contributed by atoms with van der Waals surface area (Å²) in [6.07, 6.45) is 2.48. The molecule has 0 saturated heterocycles. The second-order valence-corrected chi connectivity index (χ2v) is 8.64. The van der Waals surface area contributed by atoms with Gasteiger partial charge in [0.1, 0.15) is 0 Å². The van der Waals surface area contributed by atoms with Crippen molar-refractivity contribution in [2.75, 3.05) is 6.61 Å². The van der Waals surface area contributed by atoms with Gasteiger partial charge in [-0.3, -0.25) is 0 Å². The Morgan fingerprint density at radius 3 is 2.58 bits per heavy atom. The zero-order valence-electron chi connectivity index (χ0n) is 14.3. The first kappa shape index (κ1) is 16.8. The van der Waals surface area contributed by atoms with Gasteiger partial charge in [0.2, 0.25) is 0 Å². The van der Waals surface area contributed by atoms with Crippen molar-refractivity contribution in [1.82, 2.24) is 3.97 Å². The fourth-order valence-electron chi connectivity index (χ4n) is 3.44. The lowest BCUT2D eigenvalue weighted by atomic mass is 10.1. The molecule has 1 aromatic heterocycles. The van der Waals surface area contributed by atoms with Crippen molar-refractivity contribution in [3.8, 4) is 6.07 Å². The summed E-state index contributed by atoms with van der Waals surface area (Å²) < 4.78 is 27.6. The Balaban J connectivity index is 1.93. The number of fused-ring (bicyclic) bond motifs is 1. The number of aryl methyl sites for hydroxylation is 1. The maximum absolute atomic E-state index is 13.2. The molecular weight excluding hydrogens is 348 g/mol. The third-order valence-electron chi connectivity index (χ3n) is 5.06. The van der Waals surface area contributed by atoms with Gasteiger partial charge in [0.05, 0.1) is 22.0 Å². The summed E-state index contributed by atoms with van der Waals surface area (Å²) in [4.78, 5) is 0.227. The van der Waals surface area contributed by atoms with Crippen LogP contribution in [0.5, 0.6) is 0 Å². The molecule has 6 heteroatoms. The topological polar surface area (TPSA) is 83.1 Å². The van der Waals surface area contributed by atoms with Crippen LogP contribution in [0.15, 0.2) is 53.6 Å².